The number of nitrogens with zero attached hydrogens (tertiary/aromatic N) is 1. The number of hydrogen-bond donors (Lipinski definition) is 2. The second-order valence-electron chi connectivity index (χ2n) is 4.72. The number of thioether (sulfide) groups is 1. The molecule has 0 aromatic carbocycles. The molecule has 0 aliphatic carbocycles. The van der Waals surface area contributed by atoms with Crippen LogP contribution in [0.2, 0.25) is 0 Å². The van der Waals surface area contributed by atoms with Gasteiger partial charge in [0.1, 0.15) is 5.82 Å². The van der Waals surface area contributed by atoms with E-state index >= 15 is 0 Å². The molecule has 3 N–H and O–H groups in total. The van der Waals surface area contributed by atoms with Crippen LogP contribution in [0, 0.1) is 5.92 Å². The Hall–Kier alpha value is -1.10. The third kappa shape index (κ3) is 5.04. The molecule has 1 unspecified atom stereocenters. The van der Waals surface area contributed by atoms with Gasteiger partial charge in [0, 0.05) is 11.8 Å². The van der Waals surface area contributed by atoms with E-state index < -0.39 is 0 Å². The number of nitrogens with one attached hydrogen (secondary N) is 1. The van der Waals surface area contributed by atoms with Gasteiger partial charge in [0.05, 0.1) is 12.3 Å². The molecule has 0 saturated carbocycles. The van der Waals surface area contributed by atoms with E-state index in [1.54, 1.807) is 0 Å². The Labute approximate surface area is 114 Å². The lowest BCUT2D eigenvalue weighted by Gasteiger charge is -2.13. The van der Waals surface area contributed by atoms with Gasteiger partial charge < -0.3 is 15.8 Å². The van der Waals surface area contributed by atoms with Crippen molar-refractivity contribution in [1.82, 2.24) is 4.98 Å². The van der Waals surface area contributed by atoms with Gasteiger partial charge in [-0.2, -0.15) is 16.7 Å². The van der Waals surface area contributed by atoms with Gasteiger partial charge in [-0.25, -0.2) is 0 Å². The van der Waals surface area contributed by atoms with Crippen LogP contribution in [0.3, 0.4) is 0 Å². The van der Waals surface area contributed by atoms with Gasteiger partial charge in [-0.05, 0) is 24.3 Å². The van der Waals surface area contributed by atoms with Gasteiger partial charge in [-0.1, -0.05) is 20.8 Å². The fourth-order valence-corrected chi connectivity index (χ4v) is 1.49. The van der Waals surface area contributed by atoms with Crippen molar-refractivity contribution in [3.63, 3.8) is 0 Å². The number of anilines is 2. The minimum atomic E-state index is 0.458. The molecule has 0 saturated heterocycles. The van der Waals surface area contributed by atoms with Crippen molar-refractivity contribution in [3.8, 4) is 5.88 Å². The summed E-state index contributed by atoms with van der Waals surface area (Å²) in [5.41, 5.74) is 6.42. The number of nitrogens with two attached hydrogens (primary N) is 1. The summed E-state index contributed by atoms with van der Waals surface area (Å²) in [5, 5.41) is 3.83. The molecule has 0 bridgehead atoms. The molecule has 1 heterocycles. The standard InChI is InChI=1S/C13H23N3OS/c1-9(2)8-17-13-11(14)5-6-12(16-13)15-7-10(3)18-4/h5-6,9-10H,7-8,14H2,1-4H3,(H,15,16). The molecular weight excluding hydrogens is 246 g/mol. The summed E-state index contributed by atoms with van der Waals surface area (Å²) in [6.07, 6.45) is 2.10. The van der Waals surface area contributed by atoms with E-state index in [1.807, 2.05) is 23.9 Å². The Morgan fingerprint density at radius 2 is 2.11 bits per heavy atom. The summed E-state index contributed by atoms with van der Waals surface area (Å²) in [4.78, 5) is 4.38. The van der Waals surface area contributed by atoms with Crippen LogP contribution in [0.4, 0.5) is 11.5 Å². The van der Waals surface area contributed by atoms with Crippen LogP contribution in [-0.2, 0) is 0 Å². The molecule has 102 valence electrons. The second kappa shape index (κ2) is 7.36. The monoisotopic (exact) mass is 269 g/mol. The van der Waals surface area contributed by atoms with Crippen LogP contribution >= 0.6 is 11.8 Å². The predicted molar refractivity (Wildman–Crippen MR) is 80.4 cm³/mol. The molecule has 5 heteroatoms. The number of hydrogen-bond acceptors (Lipinski definition) is 5. The summed E-state index contributed by atoms with van der Waals surface area (Å²) in [6.45, 7) is 7.87. The molecule has 0 amide bonds. The van der Waals surface area contributed by atoms with Crippen molar-refractivity contribution < 1.29 is 4.74 Å². The molecule has 1 rings (SSSR count). The van der Waals surface area contributed by atoms with E-state index in [0.29, 0.717) is 29.3 Å². The Morgan fingerprint density at radius 3 is 2.72 bits per heavy atom. The number of rotatable bonds is 7. The van der Waals surface area contributed by atoms with Crippen LogP contribution in [0.1, 0.15) is 20.8 Å². The third-order valence-electron chi connectivity index (χ3n) is 2.42. The van der Waals surface area contributed by atoms with Gasteiger partial charge in [-0.15, -0.1) is 0 Å². The zero-order valence-corrected chi connectivity index (χ0v) is 12.4. The Balaban J connectivity index is 2.62. The minimum absolute atomic E-state index is 0.458. The van der Waals surface area contributed by atoms with E-state index in [-0.39, 0.29) is 0 Å². The largest absolute Gasteiger partial charge is 0.476 e. The first kappa shape index (κ1) is 15.0. The molecule has 18 heavy (non-hydrogen) atoms. The van der Waals surface area contributed by atoms with E-state index in [4.69, 9.17) is 10.5 Å². The zero-order valence-electron chi connectivity index (χ0n) is 11.6. The van der Waals surface area contributed by atoms with Crippen molar-refractivity contribution in [2.24, 2.45) is 5.92 Å². The maximum atomic E-state index is 5.84. The van der Waals surface area contributed by atoms with Crippen molar-refractivity contribution in [2.45, 2.75) is 26.0 Å². The average molecular weight is 269 g/mol. The van der Waals surface area contributed by atoms with Gasteiger partial charge in [0.25, 0.3) is 0 Å². The van der Waals surface area contributed by atoms with Gasteiger partial charge in [0.2, 0.25) is 5.88 Å². The first-order valence-electron chi connectivity index (χ1n) is 6.19. The molecule has 1 aromatic rings. The highest BCUT2D eigenvalue weighted by Gasteiger charge is 2.06. The van der Waals surface area contributed by atoms with E-state index in [9.17, 15) is 0 Å². The van der Waals surface area contributed by atoms with Crippen LogP contribution < -0.4 is 15.8 Å². The van der Waals surface area contributed by atoms with Gasteiger partial charge in [-0.3, -0.25) is 0 Å². The number of aromatic nitrogens is 1. The van der Waals surface area contributed by atoms with Crippen molar-refractivity contribution in [2.75, 3.05) is 30.5 Å². The summed E-state index contributed by atoms with van der Waals surface area (Å²) in [6, 6.07) is 3.71. The van der Waals surface area contributed by atoms with Crippen molar-refractivity contribution in [1.29, 1.82) is 0 Å². The highest BCUT2D eigenvalue weighted by atomic mass is 32.2. The van der Waals surface area contributed by atoms with E-state index in [1.165, 1.54) is 0 Å². The first-order valence-corrected chi connectivity index (χ1v) is 7.47. The number of ether oxygens (including phenoxy) is 1. The van der Waals surface area contributed by atoms with E-state index in [0.717, 1.165) is 12.4 Å². The third-order valence-corrected chi connectivity index (χ3v) is 3.39. The normalized spacial score (nSPS) is 12.5. The Morgan fingerprint density at radius 1 is 1.39 bits per heavy atom. The number of nitrogen functional groups attached to an aromatic ring is 1. The summed E-state index contributed by atoms with van der Waals surface area (Å²) >= 11 is 1.82. The Kier molecular flexibility index (Phi) is 6.12. The quantitative estimate of drug-likeness (QED) is 0.797. The highest BCUT2D eigenvalue weighted by Crippen LogP contribution is 2.21. The minimum Gasteiger partial charge on any atom is -0.476 e. The second-order valence-corrected chi connectivity index (χ2v) is 6.00. The van der Waals surface area contributed by atoms with Crippen molar-refractivity contribution in [3.05, 3.63) is 12.1 Å². The predicted octanol–water partition coefficient (Wildman–Crippen LogP) is 2.86. The molecule has 1 aromatic heterocycles. The molecule has 1 atom stereocenters. The summed E-state index contributed by atoms with van der Waals surface area (Å²) in [7, 11) is 0. The van der Waals surface area contributed by atoms with Gasteiger partial charge >= 0.3 is 0 Å². The van der Waals surface area contributed by atoms with Crippen LogP contribution in [-0.4, -0.2) is 29.6 Å². The van der Waals surface area contributed by atoms with Crippen LogP contribution in [0.5, 0.6) is 5.88 Å². The van der Waals surface area contributed by atoms with Crippen LogP contribution in [0.15, 0.2) is 12.1 Å². The molecular formula is C13H23N3OS. The lowest BCUT2D eigenvalue weighted by atomic mass is 10.2. The molecule has 0 aliphatic rings. The summed E-state index contributed by atoms with van der Waals surface area (Å²) in [5.74, 6) is 1.79. The summed E-state index contributed by atoms with van der Waals surface area (Å²) < 4.78 is 5.59. The molecule has 0 fully saturated rings. The topological polar surface area (TPSA) is 60.2 Å². The molecule has 4 nitrogen and oxygen atoms in total. The fraction of sp³-hybridized carbons (Fsp3) is 0.615. The molecule has 0 spiro atoms. The van der Waals surface area contributed by atoms with Crippen LogP contribution in [0.25, 0.3) is 0 Å². The first-order chi connectivity index (χ1) is 8.52. The molecule has 0 radical (unpaired) electrons. The average Bonchev–Trinajstić information content (AvgIpc) is 2.35. The highest BCUT2D eigenvalue weighted by molar-refractivity contribution is 7.99. The van der Waals surface area contributed by atoms with Crippen molar-refractivity contribution >= 4 is 23.3 Å². The van der Waals surface area contributed by atoms with E-state index in [2.05, 4.69) is 37.3 Å². The maximum Gasteiger partial charge on any atom is 0.239 e. The SMILES string of the molecule is CSC(C)CNc1ccc(N)c(OCC(C)C)n1. The lowest BCUT2D eigenvalue weighted by molar-refractivity contribution is 0.263. The fourth-order valence-electron chi connectivity index (χ4n) is 1.24. The maximum absolute atomic E-state index is 5.84. The molecule has 0 aliphatic heterocycles. The number of pyridine rings is 1. The Bertz CT molecular complexity index is 371. The smallest absolute Gasteiger partial charge is 0.239 e. The zero-order chi connectivity index (χ0) is 13.5. The lowest BCUT2D eigenvalue weighted by Crippen LogP contribution is -2.14. The van der Waals surface area contributed by atoms with Gasteiger partial charge in [0.15, 0.2) is 0 Å².